The highest BCUT2D eigenvalue weighted by Crippen LogP contribution is 2.28. The van der Waals surface area contributed by atoms with E-state index in [0.717, 1.165) is 67.8 Å². The quantitative estimate of drug-likeness (QED) is 0.786. The van der Waals surface area contributed by atoms with Crippen LogP contribution in [0.3, 0.4) is 0 Å². The number of carbonyl (C=O) groups excluding carboxylic acids is 1. The number of amides is 1. The molecule has 1 saturated heterocycles. The molecule has 1 saturated carbocycles. The van der Waals surface area contributed by atoms with Gasteiger partial charge in [0, 0.05) is 30.0 Å². The Morgan fingerprint density at radius 2 is 1.69 bits per heavy atom. The van der Waals surface area contributed by atoms with Crippen molar-refractivity contribution in [1.29, 1.82) is 0 Å². The molecular weight excluding hydrogens is 386 g/mol. The van der Waals surface area contributed by atoms with Gasteiger partial charge >= 0.3 is 0 Å². The van der Waals surface area contributed by atoms with Crippen LogP contribution in [0.5, 0.6) is 0 Å². The zero-order valence-electron chi connectivity index (χ0n) is 17.2. The minimum Gasteiger partial charge on any atom is -0.350 e. The van der Waals surface area contributed by atoms with Gasteiger partial charge in [-0.15, -0.1) is 0 Å². The van der Waals surface area contributed by atoms with Crippen LogP contribution in [0.15, 0.2) is 23.1 Å². The van der Waals surface area contributed by atoms with Crippen molar-refractivity contribution in [2.75, 3.05) is 13.1 Å². The van der Waals surface area contributed by atoms with Crippen molar-refractivity contribution in [3.63, 3.8) is 0 Å². The molecule has 0 atom stereocenters. The van der Waals surface area contributed by atoms with Gasteiger partial charge in [-0.3, -0.25) is 4.79 Å². The van der Waals surface area contributed by atoms with Crippen molar-refractivity contribution in [2.24, 2.45) is 0 Å². The van der Waals surface area contributed by atoms with Crippen LogP contribution < -0.4 is 5.32 Å². The van der Waals surface area contributed by atoms with Crippen LogP contribution in [0.1, 0.15) is 73.8 Å². The van der Waals surface area contributed by atoms with E-state index in [1.54, 1.807) is 22.5 Å². The summed E-state index contributed by atoms with van der Waals surface area (Å²) in [4.78, 5) is 16.3. The Morgan fingerprint density at radius 1 is 1.03 bits per heavy atom. The van der Waals surface area contributed by atoms with E-state index in [2.05, 4.69) is 10.3 Å². The summed E-state index contributed by atoms with van der Waals surface area (Å²) in [5, 5.41) is 3.94. The largest absolute Gasteiger partial charge is 0.350 e. The number of hydrogen-bond acceptors (Lipinski definition) is 3. The van der Waals surface area contributed by atoms with Crippen LogP contribution in [0.4, 0.5) is 0 Å². The molecule has 1 aromatic carbocycles. The molecular formula is C22H31N3O3S. The summed E-state index contributed by atoms with van der Waals surface area (Å²) in [5.41, 5.74) is 2.14. The summed E-state index contributed by atoms with van der Waals surface area (Å²) < 4.78 is 27.9. The lowest BCUT2D eigenvalue weighted by molar-refractivity contribution is 0.0923. The molecule has 6 nitrogen and oxygen atoms in total. The van der Waals surface area contributed by atoms with Crippen LogP contribution >= 0.6 is 0 Å². The summed E-state index contributed by atoms with van der Waals surface area (Å²) in [6.07, 6.45) is 9.62. The van der Waals surface area contributed by atoms with E-state index < -0.39 is 10.0 Å². The summed E-state index contributed by atoms with van der Waals surface area (Å²) in [6, 6.07) is 5.39. The number of aryl methyl sites for hydroxylation is 1. The number of sulfonamides is 1. The van der Waals surface area contributed by atoms with Gasteiger partial charge in [-0.05, 0) is 56.4 Å². The number of aromatic amines is 1. The first-order valence-corrected chi connectivity index (χ1v) is 12.3. The molecule has 0 radical (unpaired) electrons. The molecule has 29 heavy (non-hydrogen) atoms. The zero-order chi connectivity index (χ0) is 20.4. The maximum Gasteiger partial charge on any atom is 0.268 e. The smallest absolute Gasteiger partial charge is 0.268 e. The Kier molecular flexibility index (Phi) is 5.97. The minimum absolute atomic E-state index is 0.0949. The van der Waals surface area contributed by atoms with Crippen molar-refractivity contribution in [3.05, 3.63) is 29.5 Å². The molecule has 1 aliphatic heterocycles. The van der Waals surface area contributed by atoms with Crippen molar-refractivity contribution in [3.8, 4) is 0 Å². The Morgan fingerprint density at radius 3 is 2.38 bits per heavy atom. The SMILES string of the molecule is Cc1c(C(=O)NC2CCCCC2)[nH]c2ccc(S(=O)(=O)N3CCCCCC3)cc12. The Bertz CT molecular complexity index is 982. The van der Waals surface area contributed by atoms with Gasteiger partial charge in [0.2, 0.25) is 10.0 Å². The van der Waals surface area contributed by atoms with Gasteiger partial charge < -0.3 is 10.3 Å². The normalized spacial score (nSPS) is 19.9. The number of nitrogens with zero attached hydrogens (tertiary/aromatic N) is 1. The highest BCUT2D eigenvalue weighted by Gasteiger charge is 2.26. The second-order valence-electron chi connectivity index (χ2n) is 8.46. The number of nitrogens with one attached hydrogen (secondary N) is 2. The fourth-order valence-electron chi connectivity index (χ4n) is 4.63. The molecule has 1 aliphatic carbocycles. The first-order chi connectivity index (χ1) is 14.0. The number of fused-ring (bicyclic) bond motifs is 1. The predicted octanol–water partition coefficient (Wildman–Crippen LogP) is 4.10. The van der Waals surface area contributed by atoms with E-state index in [4.69, 9.17) is 0 Å². The third-order valence-electron chi connectivity index (χ3n) is 6.40. The topological polar surface area (TPSA) is 82.3 Å². The van der Waals surface area contributed by atoms with Crippen molar-refractivity contribution >= 4 is 26.8 Å². The van der Waals surface area contributed by atoms with E-state index in [0.29, 0.717) is 23.7 Å². The van der Waals surface area contributed by atoms with Crippen LogP contribution in [0.25, 0.3) is 10.9 Å². The number of hydrogen-bond donors (Lipinski definition) is 2. The fourth-order valence-corrected chi connectivity index (χ4v) is 6.17. The van der Waals surface area contributed by atoms with E-state index in [9.17, 15) is 13.2 Å². The average Bonchev–Trinajstić information content (AvgIpc) is 2.89. The van der Waals surface area contributed by atoms with Crippen LogP contribution in [-0.4, -0.2) is 42.7 Å². The van der Waals surface area contributed by atoms with E-state index in [1.807, 2.05) is 6.92 Å². The molecule has 2 heterocycles. The summed E-state index contributed by atoms with van der Waals surface area (Å²) in [5.74, 6) is -0.0949. The molecule has 2 N–H and O–H groups in total. The molecule has 1 amide bonds. The van der Waals surface area contributed by atoms with Crippen molar-refractivity contribution < 1.29 is 13.2 Å². The highest BCUT2D eigenvalue weighted by atomic mass is 32.2. The third kappa shape index (κ3) is 4.21. The maximum absolute atomic E-state index is 13.1. The van der Waals surface area contributed by atoms with Gasteiger partial charge in [0.25, 0.3) is 5.91 Å². The Labute approximate surface area is 173 Å². The number of H-pyrrole nitrogens is 1. The lowest BCUT2D eigenvalue weighted by Gasteiger charge is -2.22. The fraction of sp³-hybridized carbons (Fsp3) is 0.591. The molecule has 7 heteroatoms. The number of aromatic nitrogens is 1. The molecule has 158 valence electrons. The second kappa shape index (κ2) is 8.48. The van der Waals surface area contributed by atoms with Gasteiger partial charge in [-0.1, -0.05) is 32.1 Å². The monoisotopic (exact) mass is 417 g/mol. The summed E-state index contributed by atoms with van der Waals surface area (Å²) in [6.45, 7) is 3.06. The van der Waals surface area contributed by atoms with E-state index in [1.165, 1.54) is 6.42 Å². The Balaban J connectivity index is 1.60. The summed E-state index contributed by atoms with van der Waals surface area (Å²) >= 11 is 0. The van der Waals surface area contributed by atoms with E-state index >= 15 is 0 Å². The van der Waals surface area contributed by atoms with Crippen molar-refractivity contribution in [1.82, 2.24) is 14.6 Å². The second-order valence-corrected chi connectivity index (χ2v) is 10.4. The van der Waals surface area contributed by atoms with Crippen LogP contribution in [0.2, 0.25) is 0 Å². The van der Waals surface area contributed by atoms with Crippen LogP contribution in [0, 0.1) is 6.92 Å². The first kappa shape index (κ1) is 20.4. The Hall–Kier alpha value is -1.86. The standard InChI is InChI=1S/C22H31N3O3S/c1-16-19-15-18(29(27,28)25-13-7-2-3-8-14-25)11-12-20(19)24-21(16)22(26)23-17-9-5-4-6-10-17/h11-12,15,17,24H,2-10,13-14H2,1H3,(H,23,26). The average molecular weight is 418 g/mol. The lowest BCUT2D eigenvalue weighted by Crippen LogP contribution is -2.36. The molecule has 0 bridgehead atoms. The summed E-state index contributed by atoms with van der Waals surface area (Å²) in [7, 11) is -3.51. The zero-order valence-corrected chi connectivity index (χ0v) is 18.0. The van der Waals surface area contributed by atoms with E-state index in [-0.39, 0.29) is 11.9 Å². The highest BCUT2D eigenvalue weighted by molar-refractivity contribution is 7.89. The maximum atomic E-state index is 13.1. The van der Waals surface area contributed by atoms with Gasteiger partial charge in [0.05, 0.1) is 4.90 Å². The third-order valence-corrected chi connectivity index (χ3v) is 8.29. The number of rotatable bonds is 4. The molecule has 0 spiro atoms. The predicted molar refractivity (Wildman–Crippen MR) is 115 cm³/mol. The van der Waals surface area contributed by atoms with Gasteiger partial charge in [0.1, 0.15) is 5.69 Å². The van der Waals surface area contributed by atoms with Gasteiger partial charge in [0.15, 0.2) is 0 Å². The minimum atomic E-state index is -3.51. The van der Waals surface area contributed by atoms with Crippen molar-refractivity contribution in [2.45, 2.75) is 75.6 Å². The molecule has 2 aliphatic rings. The lowest BCUT2D eigenvalue weighted by atomic mass is 9.95. The number of carbonyl (C=O) groups is 1. The molecule has 2 aromatic rings. The molecule has 1 aromatic heterocycles. The van der Waals surface area contributed by atoms with Gasteiger partial charge in [-0.2, -0.15) is 4.31 Å². The molecule has 4 rings (SSSR count). The van der Waals surface area contributed by atoms with Crippen LogP contribution in [-0.2, 0) is 10.0 Å². The molecule has 2 fully saturated rings. The molecule has 0 unspecified atom stereocenters. The first-order valence-electron chi connectivity index (χ1n) is 10.9. The number of benzene rings is 1. The van der Waals surface area contributed by atoms with Gasteiger partial charge in [-0.25, -0.2) is 8.42 Å².